The zero-order valence-corrected chi connectivity index (χ0v) is 16.8. The molecule has 0 saturated heterocycles. The maximum Gasteiger partial charge on any atom is 0.339 e. The summed E-state index contributed by atoms with van der Waals surface area (Å²) in [5.41, 5.74) is 1.30. The van der Waals surface area contributed by atoms with Crippen molar-refractivity contribution in [2.45, 2.75) is 13.8 Å². The molecule has 2 rings (SSSR count). The smallest absolute Gasteiger partial charge is 0.339 e. The summed E-state index contributed by atoms with van der Waals surface area (Å²) in [7, 11) is 1.28. The predicted octanol–water partition coefficient (Wildman–Crippen LogP) is 3.97. The summed E-state index contributed by atoms with van der Waals surface area (Å²) in [4.78, 5) is 24.1. The number of hydrogen-bond acceptors (Lipinski definition) is 6. The van der Waals surface area contributed by atoms with E-state index in [4.69, 9.17) is 21.1 Å². The minimum Gasteiger partial charge on any atom is -0.494 e. The van der Waals surface area contributed by atoms with E-state index in [2.05, 4.69) is 15.4 Å². The lowest BCUT2D eigenvalue weighted by atomic mass is 10.2. The second-order valence-electron chi connectivity index (χ2n) is 5.61. The van der Waals surface area contributed by atoms with Crippen LogP contribution in [0.2, 0.25) is 5.02 Å². The van der Waals surface area contributed by atoms with Crippen LogP contribution < -0.4 is 20.1 Å². The van der Waals surface area contributed by atoms with Gasteiger partial charge in [0.05, 0.1) is 43.1 Å². The third kappa shape index (κ3) is 5.79. The minimum atomic E-state index is -0.549. The van der Waals surface area contributed by atoms with Gasteiger partial charge in [-0.3, -0.25) is 4.79 Å². The Labute approximate surface area is 168 Å². The molecule has 150 valence electrons. The first-order chi connectivity index (χ1) is 13.5. The molecule has 7 nitrogen and oxygen atoms in total. The molecule has 0 atom stereocenters. The van der Waals surface area contributed by atoms with Crippen molar-refractivity contribution in [1.29, 1.82) is 0 Å². The Morgan fingerprint density at radius 1 is 1.04 bits per heavy atom. The molecule has 0 aliphatic rings. The highest BCUT2D eigenvalue weighted by Crippen LogP contribution is 2.29. The number of carbonyl (C=O) groups excluding carboxylic acids is 2. The first-order valence-corrected chi connectivity index (χ1v) is 9.17. The third-order valence-corrected chi connectivity index (χ3v) is 3.99. The lowest BCUT2D eigenvalue weighted by Gasteiger charge is -2.14. The Kier molecular flexibility index (Phi) is 7.95. The zero-order chi connectivity index (χ0) is 20.5. The summed E-state index contributed by atoms with van der Waals surface area (Å²) in [5, 5.41) is 6.03. The van der Waals surface area contributed by atoms with Crippen LogP contribution in [0.4, 0.5) is 11.4 Å². The SMILES string of the molecule is CCOc1ccc(OCC)c(NC(=O)CNc2ccc(Cl)c(C(=O)OC)c2)c1. The Balaban J connectivity index is 2.06. The number of benzene rings is 2. The first-order valence-electron chi connectivity index (χ1n) is 8.79. The van der Waals surface area contributed by atoms with Crippen LogP contribution in [0.15, 0.2) is 36.4 Å². The van der Waals surface area contributed by atoms with E-state index in [0.717, 1.165) is 0 Å². The van der Waals surface area contributed by atoms with E-state index in [0.29, 0.717) is 36.1 Å². The van der Waals surface area contributed by atoms with Gasteiger partial charge in [0, 0.05) is 11.8 Å². The van der Waals surface area contributed by atoms with Crippen LogP contribution in [-0.4, -0.2) is 38.7 Å². The van der Waals surface area contributed by atoms with Gasteiger partial charge in [0.15, 0.2) is 0 Å². The lowest BCUT2D eigenvalue weighted by molar-refractivity contribution is -0.114. The first kappa shape index (κ1) is 21.4. The number of nitrogens with one attached hydrogen (secondary N) is 2. The second kappa shape index (κ2) is 10.4. The molecule has 28 heavy (non-hydrogen) atoms. The number of carbonyl (C=O) groups is 2. The fourth-order valence-electron chi connectivity index (χ4n) is 2.42. The van der Waals surface area contributed by atoms with Gasteiger partial charge < -0.3 is 24.8 Å². The molecular formula is C20H23ClN2O5. The zero-order valence-electron chi connectivity index (χ0n) is 16.0. The van der Waals surface area contributed by atoms with E-state index >= 15 is 0 Å². The number of anilines is 2. The Bertz CT molecular complexity index is 841. The highest BCUT2D eigenvalue weighted by Gasteiger charge is 2.13. The molecule has 0 spiro atoms. The van der Waals surface area contributed by atoms with E-state index in [-0.39, 0.29) is 23.0 Å². The Morgan fingerprint density at radius 2 is 1.79 bits per heavy atom. The summed E-state index contributed by atoms with van der Waals surface area (Å²) in [5.74, 6) is 0.352. The number of methoxy groups -OCH3 is 1. The molecule has 0 aliphatic heterocycles. The van der Waals surface area contributed by atoms with Gasteiger partial charge in [-0.05, 0) is 44.2 Å². The van der Waals surface area contributed by atoms with Crippen LogP contribution >= 0.6 is 11.6 Å². The van der Waals surface area contributed by atoms with Crippen molar-refractivity contribution in [2.75, 3.05) is 37.5 Å². The maximum atomic E-state index is 12.4. The monoisotopic (exact) mass is 406 g/mol. The summed E-state index contributed by atoms with van der Waals surface area (Å²) in [6, 6.07) is 10.0. The number of hydrogen-bond donors (Lipinski definition) is 2. The minimum absolute atomic E-state index is 0.0212. The summed E-state index contributed by atoms with van der Waals surface area (Å²) < 4.78 is 15.7. The molecule has 2 aromatic carbocycles. The van der Waals surface area contributed by atoms with Crippen molar-refractivity contribution in [3.63, 3.8) is 0 Å². The number of rotatable bonds is 9. The molecule has 0 aromatic heterocycles. The van der Waals surface area contributed by atoms with E-state index < -0.39 is 5.97 Å². The Hall–Kier alpha value is -2.93. The Morgan fingerprint density at radius 3 is 2.46 bits per heavy atom. The van der Waals surface area contributed by atoms with E-state index in [1.807, 2.05) is 13.8 Å². The van der Waals surface area contributed by atoms with Crippen LogP contribution in [-0.2, 0) is 9.53 Å². The predicted molar refractivity (Wildman–Crippen MR) is 109 cm³/mol. The number of ether oxygens (including phenoxy) is 3. The summed E-state index contributed by atoms with van der Waals surface area (Å²) in [6.07, 6.45) is 0. The molecule has 0 aliphatic carbocycles. The van der Waals surface area contributed by atoms with Crippen molar-refractivity contribution < 1.29 is 23.8 Å². The number of esters is 1. The maximum absolute atomic E-state index is 12.4. The molecule has 1 amide bonds. The quantitative estimate of drug-likeness (QED) is 0.613. The van der Waals surface area contributed by atoms with Gasteiger partial charge in [0.25, 0.3) is 0 Å². The highest BCUT2D eigenvalue weighted by atomic mass is 35.5. The van der Waals surface area contributed by atoms with Crippen molar-refractivity contribution >= 4 is 34.9 Å². The van der Waals surface area contributed by atoms with Crippen LogP contribution in [0.5, 0.6) is 11.5 Å². The van der Waals surface area contributed by atoms with Crippen molar-refractivity contribution in [1.82, 2.24) is 0 Å². The van der Waals surface area contributed by atoms with Crippen molar-refractivity contribution in [3.05, 3.63) is 47.0 Å². The molecule has 0 radical (unpaired) electrons. The van der Waals surface area contributed by atoms with Crippen LogP contribution in [0, 0.1) is 0 Å². The van der Waals surface area contributed by atoms with E-state index in [1.54, 1.807) is 30.3 Å². The normalized spacial score (nSPS) is 10.1. The average molecular weight is 407 g/mol. The molecular weight excluding hydrogens is 384 g/mol. The largest absolute Gasteiger partial charge is 0.494 e. The molecule has 2 aromatic rings. The summed E-state index contributed by atoms with van der Waals surface area (Å²) in [6.45, 7) is 4.71. The molecule has 0 heterocycles. The van der Waals surface area contributed by atoms with Crippen molar-refractivity contribution in [3.8, 4) is 11.5 Å². The average Bonchev–Trinajstić information content (AvgIpc) is 2.69. The molecule has 0 unspecified atom stereocenters. The van der Waals surface area contributed by atoms with Crippen molar-refractivity contribution in [2.24, 2.45) is 0 Å². The standard InChI is InChI=1S/C20H23ClN2O5/c1-4-27-14-7-9-18(28-5-2)17(11-14)23-19(24)12-22-13-6-8-16(21)15(10-13)20(25)26-3/h6-11,22H,4-5,12H2,1-3H3,(H,23,24). The van der Waals surface area contributed by atoms with E-state index in [1.165, 1.54) is 13.2 Å². The molecule has 2 N–H and O–H groups in total. The lowest BCUT2D eigenvalue weighted by Crippen LogP contribution is -2.22. The molecule has 0 fully saturated rings. The van der Waals surface area contributed by atoms with Gasteiger partial charge in [0.1, 0.15) is 11.5 Å². The van der Waals surface area contributed by atoms with Gasteiger partial charge in [-0.2, -0.15) is 0 Å². The second-order valence-corrected chi connectivity index (χ2v) is 6.02. The fraction of sp³-hybridized carbons (Fsp3) is 0.300. The van der Waals surface area contributed by atoms with Gasteiger partial charge in [0.2, 0.25) is 5.91 Å². The van der Waals surface area contributed by atoms with Gasteiger partial charge in [-0.1, -0.05) is 11.6 Å². The third-order valence-electron chi connectivity index (χ3n) is 3.66. The van der Waals surface area contributed by atoms with Crippen LogP contribution in [0.1, 0.15) is 24.2 Å². The number of amides is 1. The van der Waals surface area contributed by atoms with Gasteiger partial charge in [-0.25, -0.2) is 4.79 Å². The van der Waals surface area contributed by atoms with Gasteiger partial charge in [-0.15, -0.1) is 0 Å². The highest BCUT2D eigenvalue weighted by molar-refractivity contribution is 6.33. The summed E-state index contributed by atoms with van der Waals surface area (Å²) >= 11 is 5.99. The van der Waals surface area contributed by atoms with Gasteiger partial charge >= 0.3 is 5.97 Å². The topological polar surface area (TPSA) is 85.9 Å². The molecule has 0 saturated carbocycles. The molecule has 0 bridgehead atoms. The van der Waals surface area contributed by atoms with Crippen LogP contribution in [0.25, 0.3) is 0 Å². The van der Waals surface area contributed by atoms with E-state index in [9.17, 15) is 9.59 Å². The molecule has 8 heteroatoms. The number of halogens is 1. The van der Waals surface area contributed by atoms with Crippen LogP contribution in [0.3, 0.4) is 0 Å². The fourth-order valence-corrected chi connectivity index (χ4v) is 2.62.